The molecule has 0 unspecified atom stereocenters. The minimum absolute atomic E-state index is 0.0117. The molecule has 3 heterocycles. The molecule has 1 atom stereocenters. The maximum Gasteiger partial charge on any atom is 0.276 e. The van der Waals surface area contributed by atoms with E-state index < -0.39 is 0 Å². The van der Waals surface area contributed by atoms with Crippen LogP contribution in [0.2, 0.25) is 0 Å². The van der Waals surface area contributed by atoms with Crippen molar-refractivity contribution < 1.29 is 9.32 Å². The number of nitrogens with zero attached hydrogens (tertiary/aromatic N) is 3. The highest BCUT2D eigenvalue weighted by molar-refractivity contribution is 5.94. The van der Waals surface area contributed by atoms with Gasteiger partial charge in [-0.2, -0.15) is 0 Å². The lowest BCUT2D eigenvalue weighted by atomic mass is 9.96. The van der Waals surface area contributed by atoms with E-state index in [1.165, 1.54) is 0 Å². The van der Waals surface area contributed by atoms with Crippen LogP contribution in [-0.2, 0) is 12.8 Å². The summed E-state index contributed by atoms with van der Waals surface area (Å²) in [5.41, 5.74) is 2.63. The highest BCUT2D eigenvalue weighted by Crippen LogP contribution is 2.29. The van der Waals surface area contributed by atoms with Gasteiger partial charge in [-0.15, -0.1) is 0 Å². The summed E-state index contributed by atoms with van der Waals surface area (Å²) >= 11 is 0. The van der Waals surface area contributed by atoms with Gasteiger partial charge in [0.1, 0.15) is 11.6 Å². The molecule has 2 aliphatic rings. The molecule has 1 N–H and O–H groups in total. The molecule has 0 spiro atoms. The molecular weight excluding hydrogens is 280 g/mol. The van der Waals surface area contributed by atoms with Crippen molar-refractivity contribution in [1.82, 2.24) is 20.0 Å². The molecule has 1 aliphatic heterocycles. The van der Waals surface area contributed by atoms with Crippen molar-refractivity contribution in [3.8, 4) is 0 Å². The lowest BCUT2D eigenvalue weighted by molar-refractivity contribution is 0.0779. The minimum atomic E-state index is 0.0117. The van der Waals surface area contributed by atoms with Crippen molar-refractivity contribution in [3.05, 3.63) is 34.7 Å². The molecule has 1 fully saturated rings. The highest BCUT2D eigenvalue weighted by atomic mass is 16.5. The van der Waals surface area contributed by atoms with E-state index in [4.69, 9.17) is 4.52 Å². The van der Waals surface area contributed by atoms with E-state index in [1.54, 1.807) is 0 Å². The van der Waals surface area contributed by atoms with E-state index in [2.05, 4.69) is 15.1 Å². The molecule has 4 rings (SSSR count). The summed E-state index contributed by atoms with van der Waals surface area (Å²) in [7, 11) is 0. The Labute approximate surface area is 128 Å². The van der Waals surface area contributed by atoms with Crippen molar-refractivity contribution in [2.45, 2.75) is 44.9 Å². The number of carbonyl (C=O) groups excluding carboxylic acids is 1. The van der Waals surface area contributed by atoms with E-state index in [0.29, 0.717) is 18.2 Å². The first-order valence-electron chi connectivity index (χ1n) is 8.00. The SMILES string of the molecule is Cc1cnc([C@@H]2CCN(C(=O)c3noc4c3CCCC4)C2)[nH]1. The predicted molar refractivity (Wildman–Crippen MR) is 79.7 cm³/mol. The Kier molecular flexibility index (Phi) is 3.24. The van der Waals surface area contributed by atoms with Crippen LogP contribution in [0.3, 0.4) is 0 Å². The summed E-state index contributed by atoms with van der Waals surface area (Å²) in [4.78, 5) is 22.3. The van der Waals surface area contributed by atoms with E-state index in [0.717, 1.165) is 61.5 Å². The normalized spacial score (nSPS) is 21.1. The molecule has 2 aromatic rings. The molecule has 2 aromatic heterocycles. The third-order valence-electron chi connectivity index (χ3n) is 4.74. The fourth-order valence-electron chi connectivity index (χ4n) is 3.51. The number of fused-ring (bicyclic) bond motifs is 1. The molecule has 1 saturated heterocycles. The fraction of sp³-hybridized carbons (Fsp3) is 0.562. The molecular formula is C16H20N4O2. The zero-order valence-electron chi connectivity index (χ0n) is 12.8. The number of hydrogen-bond donors (Lipinski definition) is 1. The number of likely N-dealkylation sites (tertiary alicyclic amines) is 1. The smallest absolute Gasteiger partial charge is 0.276 e. The molecule has 22 heavy (non-hydrogen) atoms. The maximum absolute atomic E-state index is 12.7. The van der Waals surface area contributed by atoms with Gasteiger partial charge in [0, 0.05) is 42.9 Å². The number of nitrogens with one attached hydrogen (secondary N) is 1. The van der Waals surface area contributed by atoms with Crippen LogP contribution in [0, 0.1) is 6.92 Å². The van der Waals surface area contributed by atoms with Crippen molar-refractivity contribution >= 4 is 5.91 Å². The number of aromatic amines is 1. The molecule has 6 nitrogen and oxygen atoms in total. The van der Waals surface area contributed by atoms with Crippen LogP contribution in [0.25, 0.3) is 0 Å². The Hall–Kier alpha value is -2.11. The molecule has 1 amide bonds. The Morgan fingerprint density at radius 2 is 2.27 bits per heavy atom. The van der Waals surface area contributed by atoms with Crippen LogP contribution in [0.4, 0.5) is 0 Å². The Bertz CT molecular complexity index is 703. The second-order valence-electron chi connectivity index (χ2n) is 6.33. The van der Waals surface area contributed by atoms with Gasteiger partial charge in [0.25, 0.3) is 5.91 Å². The fourth-order valence-corrected chi connectivity index (χ4v) is 3.51. The summed E-state index contributed by atoms with van der Waals surface area (Å²) < 4.78 is 5.37. The molecule has 6 heteroatoms. The lowest BCUT2D eigenvalue weighted by Crippen LogP contribution is -2.29. The molecule has 1 aliphatic carbocycles. The molecule has 0 bridgehead atoms. The van der Waals surface area contributed by atoms with Crippen LogP contribution in [0.1, 0.15) is 58.5 Å². The van der Waals surface area contributed by atoms with Gasteiger partial charge in [-0.1, -0.05) is 5.16 Å². The average molecular weight is 300 g/mol. The summed E-state index contributed by atoms with van der Waals surface area (Å²) in [5, 5.41) is 4.05. The number of amides is 1. The number of aromatic nitrogens is 3. The van der Waals surface area contributed by atoms with Crippen LogP contribution in [0.15, 0.2) is 10.7 Å². The third kappa shape index (κ3) is 2.23. The summed E-state index contributed by atoms with van der Waals surface area (Å²) in [5.74, 6) is 2.19. The van der Waals surface area contributed by atoms with Crippen molar-refractivity contribution in [1.29, 1.82) is 0 Å². The standard InChI is InChI=1S/C16H20N4O2/c1-10-8-17-15(18-10)11-6-7-20(9-11)16(21)14-12-4-2-3-5-13(12)22-19-14/h8,11H,2-7,9H2,1H3,(H,17,18)/t11-/m1/s1. The van der Waals surface area contributed by atoms with Gasteiger partial charge in [-0.05, 0) is 32.6 Å². The quantitative estimate of drug-likeness (QED) is 0.922. The number of imidazole rings is 1. The van der Waals surface area contributed by atoms with E-state index >= 15 is 0 Å². The largest absolute Gasteiger partial charge is 0.360 e. The second-order valence-corrected chi connectivity index (χ2v) is 6.33. The van der Waals surface area contributed by atoms with Gasteiger partial charge < -0.3 is 14.4 Å². The summed E-state index contributed by atoms with van der Waals surface area (Å²) in [6.07, 6.45) is 6.84. The van der Waals surface area contributed by atoms with Crippen LogP contribution in [-0.4, -0.2) is 39.0 Å². The third-order valence-corrected chi connectivity index (χ3v) is 4.74. The zero-order valence-corrected chi connectivity index (χ0v) is 12.8. The predicted octanol–water partition coefficient (Wildman–Crippen LogP) is 2.21. The van der Waals surface area contributed by atoms with Crippen molar-refractivity contribution in [2.75, 3.05) is 13.1 Å². The number of hydrogen-bond acceptors (Lipinski definition) is 4. The van der Waals surface area contributed by atoms with Gasteiger partial charge in [-0.25, -0.2) is 4.98 Å². The molecule has 0 saturated carbocycles. The van der Waals surface area contributed by atoms with Crippen molar-refractivity contribution in [3.63, 3.8) is 0 Å². The first kappa shape index (κ1) is 13.5. The van der Waals surface area contributed by atoms with Gasteiger partial charge in [0.15, 0.2) is 5.69 Å². The second kappa shape index (κ2) is 5.26. The van der Waals surface area contributed by atoms with E-state index in [1.807, 2.05) is 18.0 Å². The molecule has 0 aromatic carbocycles. The lowest BCUT2D eigenvalue weighted by Gasteiger charge is -2.16. The van der Waals surface area contributed by atoms with E-state index in [-0.39, 0.29) is 5.91 Å². The number of rotatable bonds is 2. The zero-order chi connectivity index (χ0) is 15.1. The Morgan fingerprint density at radius 1 is 1.41 bits per heavy atom. The number of H-pyrrole nitrogens is 1. The first-order valence-corrected chi connectivity index (χ1v) is 8.00. The van der Waals surface area contributed by atoms with Gasteiger partial charge in [-0.3, -0.25) is 4.79 Å². The Morgan fingerprint density at radius 3 is 3.09 bits per heavy atom. The van der Waals surface area contributed by atoms with Gasteiger partial charge in [0.2, 0.25) is 0 Å². The molecule has 116 valence electrons. The maximum atomic E-state index is 12.7. The summed E-state index contributed by atoms with van der Waals surface area (Å²) in [6.45, 7) is 3.45. The van der Waals surface area contributed by atoms with Gasteiger partial charge in [0.05, 0.1) is 0 Å². The van der Waals surface area contributed by atoms with Crippen molar-refractivity contribution in [2.24, 2.45) is 0 Å². The summed E-state index contributed by atoms with van der Waals surface area (Å²) in [6, 6.07) is 0. The van der Waals surface area contributed by atoms with Gasteiger partial charge >= 0.3 is 0 Å². The van der Waals surface area contributed by atoms with Crippen LogP contribution in [0.5, 0.6) is 0 Å². The first-order chi connectivity index (χ1) is 10.7. The molecule has 0 radical (unpaired) electrons. The van der Waals surface area contributed by atoms with Crippen LogP contribution < -0.4 is 0 Å². The van der Waals surface area contributed by atoms with Crippen LogP contribution >= 0.6 is 0 Å². The Balaban J connectivity index is 1.51. The van der Waals surface area contributed by atoms with E-state index in [9.17, 15) is 4.79 Å². The monoisotopic (exact) mass is 300 g/mol. The average Bonchev–Trinajstić information content (AvgIpc) is 3.25. The number of carbonyl (C=O) groups is 1. The topological polar surface area (TPSA) is 75.0 Å². The number of aryl methyl sites for hydroxylation is 2. The highest BCUT2D eigenvalue weighted by Gasteiger charge is 2.33. The minimum Gasteiger partial charge on any atom is -0.360 e.